The van der Waals surface area contributed by atoms with Crippen LogP contribution in [0.25, 0.3) is 0 Å². The third-order valence-electron chi connectivity index (χ3n) is 4.92. The van der Waals surface area contributed by atoms with Crippen LogP contribution >= 0.6 is 0 Å². The molecule has 3 N–H and O–H groups in total. The molecule has 2 aromatic rings. The Kier molecular flexibility index (Phi) is 4.97. The van der Waals surface area contributed by atoms with Crippen molar-refractivity contribution in [1.29, 1.82) is 0 Å². The van der Waals surface area contributed by atoms with Crippen molar-refractivity contribution in [2.24, 2.45) is 0 Å². The monoisotopic (exact) mass is 343 g/mol. The first-order chi connectivity index (χ1) is 12.0. The van der Waals surface area contributed by atoms with E-state index in [4.69, 9.17) is 0 Å². The zero-order chi connectivity index (χ0) is 18.0. The van der Waals surface area contributed by atoms with E-state index in [0.29, 0.717) is 18.0 Å². The molecule has 1 aliphatic carbocycles. The second-order valence-electron chi connectivity index (χ2n) is 6.93. The average Bonchev–Trinajstić information content (AvgIpc) is 3.20. The zero-order valence-corrected chi connectivity index (χ0v) is 14.7. The molecule has 3 rings (SSSR count). The molecule has 0 bridgehead atoms. The molecule has 1 heterocycles. The average molecular weight is 343 g/mol. The van der Waals surface area contributed by atoms with Gasteiger partial charge < -0.3 is 15.5 Å². The Balaban J connectivity index is 1.64. The highest BCUT2D eigenvalue weighted by molar-refractivity contribution is 5.95. The van der Waals surface area contributed by atoms with Crippen molar-refractivity contribution in [3.8, 4) is 11.5 Å². The Hall–Kier alpha value is -2.50. The molecule has 1 aromatic heterocycles. The molecule has 0 saturated heterocycles. The summed E-state index contributed by atoms with van der Waals surface area (Å²) in [5.41, 5.74) is 2.38. The number of hydrogen-bond acceptors (Lipinski definition) is 4. The van der Waals surface area contributed by atoms with Crippen molar-refractivity contribution in [2.45, 2.75) is 58.0 Å². The van der Waals surface area contributed by atoms with Crippen molar-refractivity contribution in [3.63, 3.8) is 0 Å². The largest absolute Gasteiger partial charge is 0.504 e. The van der Waals surface area contributed by atoms with Gasteiger partial charge in [0, 0.05) is 11.7 Å². The van der Waals surface area contributed by atoms with Crippen LogP contribution in [0.2, 0.25) is 0 Å². The molecule has 134 valence electrons. The number of aromatic hydroxyl groups is 2. The maximum atomic E-state index is 12.6. The van der Waals surface area contributed by atoms with Gasteiger partial charge in [0.2, 0.25) is 0 Å². The number of nitrogens with zero attached hydrogens (tertiary/aromatic N) is 2. The minimum Gasteiger partial charge on any atom is -0.504 e. The van der Waals surface area contributed by atoms with Gasteiger partial charge >= 0.3 is 0 Å². The van der Waals surface area contributed by atoms with Crippen molar-refractivity contribution in [1.82, 2.24) is 15.1 Å². The van der Waals surface area contributed by atoms with Crippen LogP contribution in [0.5, 0.6) is 11.5 Å². The number of rotatable bonds is 5. The van der Waals surface area contributed by atoms with Gasteiger partial charge in [-0.05, 0) is 50.8 Å². The first-order valence-corrected chi connectivity index (χ1v) is 8.81. The molecular weight excluding hydrogens is 318 g/mol. The molecular formula is C19H25N3O3. The summed E-state index contributed by atoms with van der Waals surface area (Å²) in [7, 11) is 0. The Morgan fingerprint density at radius 2 is 2.04 bits per heavy atom. The van der Waals surface area contributed by atoms with Crippen LogP contribution in [0, 0.1) is 6.92 Å². The van der Waals surface area contributed by atoms with Crippen LogP contribution < -0.4 is 5.32 Å². The van der Waals surface area contributed by atoms with E-state index in [1.54, 1.807) is 12.3 Å². The van der Waals surface area contributed by atoms with Gasteiger partial charge in [-0.25, -0.2) is 0 Å². The summed E-state index contributed by atoms with van der Waals surface area (Å²) >= 11 is 0. The first-order valence-electron chi connectivity index (χ1n) is 8.81. The third-order valence-corrected chi connectivity index (χ3v) is 4.92. The van der Waals surface area contributed by atoms with Gasteiger partial charge in [0.05, 0.1) is 17.8 Å². The molecule has 0 unspecified atom stereocenters. The highest BCUT2D eigenvalue weighted by atomic mass is 16.3. The topological polar surface area (TPSA) is 87.4 Å². The maximum absolute atomic E-state index is 12.6. The van der Waals surface area contributed by atoms with Gasteiger partial charge in [-0.2, -0.15) is 5.10 Å². The Morgan fingerprint density at radius 1 is 1.32 bits per heavy atom. The van der Waals surface area contributed by atoms with Gasteiger partial charge in [-0.15, -0.1) is 0 Å². The number of benzene rings is 1. The van der Waals surface area contributed by atoms with Gasteiger partial charge in [0.1, 0.15) is 0 Å². The predicted molar refractivity (Wildman–Crippen MR) is 94.9 cm³/mol. The van der Waals surface area contributed by atoms with Crippen molar-refractivity contribution in [2.75, 3.05) is 0 Å². The molecule has 25 heavy (non-hydrogen) atoms. The molecule has 1 aliphatic rings. The summed E-state index contributed by atoms with van der Waals surface area (Å²) < 4.78 is 1.99. The highest BCUT2D eigenvalue weighted by Crippen LogP contribution is 2.30. The number of nitrogens with one attached hydrogen (secondary N) is 1. The van der Waals surface area contributed by atoms with E-state index in [-0.39, 0.29) is 23.4 Å². The predicted octanol–water partition coefficient (Wildman–Crippen LogP) is 3.08. The summed E-state index contributed by atoms with van der Waals surface area (Å²) in [6, 6.07) is 5.02. The highest BCUT2D eigenvalue weighted by Gasteiger charge is 2.23. The number of phenols is 2. The second-order valence-corrected chi connectivity index (χ2v) is 6.93. The van der Waals surface area contributed by atoms with E-state index in [1.165, 1.54) is 25.0 Å². The Bertz CT molecular complexity index is 763. The lowest BCUT2D eigenvalue weighted by molar-refractivity contribution is 0.0939. The number of phenolic OH excluding ortho intramolecular Hbond substituents is 2. The van der Waals surface area contributed by atoms with Crippen LogP contribution in [0.4, 0.5) is 0 Å². The van der Waals surface area contributed by atoms with Crippen molar-refractivity contribution < 1.29 is 15.0 Å². The summed E-state index contributed by atoms with van der Waals surface area (Å²) in [6.45, 7) is 3.86. The quantitative estimate of drug-likeness (QED) is 0.728. The lowest BCUT2D eigenvalue weighted by atomic mass is 10.1. The number of amides is 1. The third kappa shape index (κ3) is 3.78. The molecule has 1 atom stereocenters. The molecule has 1 aromatic carbocycles. The Labute approximate surface area is 147 Å². The normalized spacial score (nSPS) is 16.1. The fourth-order valence-electron chi connectivity index (χ4n) is 3.57. The summed E-state index contributed by atoms with van der Waals surface area (Å²) in [5.74, 6) is -0.419. The van der Waals surface area contributed by atoms with E-state index in [1.807, 2.05) is 18.5 Å². The summed E-state index contributed by atoms with van der Waals surface area (Å²) in [6.07, 6.45) is 6.93. The lowest BCUT2D eigenvalue weighted by Gasteiger charge is -2.15. The molecule has 1 amide bonds. The summed E-state index contributed by atoms with van der Waals surface area (Å²) in [4.78, 5) is 12.6. The standard InChI is InChI=1S/C19H25N3O3/c1-12(9-14-7-8-17(23)18(24)10-14)21-19(25)16-11-20-22(13(16)2)15-5-3-4-6-15/h7-8,10-12,15,23-24H,3-6,9H2,1-2H3,(H,21,25)/t12-/m1/s1. The number of carbonyl (C=O) groups excluding carboxylic acids is 1. The number of hydrogen-bond donors (Lipinski definition) is 3. The Morgan fingerprint density at radius 3 is 2.72 bits per heavy atom. The van der Waals surface area contributed by atoms with Gasteiger partial charge in [0.25, 0.3) is 5.91 Å². The molecule has 0 aliphatic heterocycles. The molecule has 0 radical (unpaired) electrons. The molecule has 6 nitrogen and oxygen atoms in total. The van der Waals surface area contributed by atoms with Crippen molar-refractivity contribution in [3.05, 3.63) is 41.2 Å². The van der Waals surface area contributed by atoms with Gasteiger partial charge in [-0.1, -0.05) is 18.9 Å². The number of carbonyl (C=O) groups is 1. The van der Waals surface area contributed by atoms with E-state index < -0.39 is 0 Å². The van der Waals surface area contributed by atoms with Crippen LogP contribution in [-0.4, -0.2) is 31.9 Å². The molecule has 0 spiro atoms. The zero-order valence-electron chi connectivity index (χ0n) is 14.7. The van der Waals surface area contributed by atoms with E-state index in [0.717, 1.165) is 24.1 Å². The van der Waals surface area contributed by atoms with Gasteiger partial charge in [-0.3, -0.25) is 9.48 Å². The molecule has 1 fully saturated rings. The van der Waals surface area contributed by atoms with Gasteiger partial charge in [0.15, 0.2) is 11.5 Å². The van der Waals surface area contributed by atoms with E-state index in [9.17, 15) is 15.0 Å². The molecule has 1 saturated carbocycles. The van der Waals surface area contributed by atoms with E-state index >= 15 is 0 Å². The molecule has 6 heteroatoms. The summed E-state index contributed by atoms with van der Waals surface area (Å²) in [5, 5.41) is 26.3. The second kappa shape index (κ2) is 7.17. The fraction of sp³-hybridized carbons (Fsp3) is 0.474. The van der Waals surface area contributed by atoms with Crippen LogP contribution in [0.1, 0.15) is 60.3 Å². The SMILES string of the molecule is Cc1c(C(=O)N[C@H](C)Cc2ccc(O)c(O)c2)cnn1C1CCCC1. The smallest absolute Gasteiger partial charge is 0.254 e. The van der Waals surface area contributed by atoms with Crippen LogP contribution in [0.3, 0.4) is 0 Å². The first kappa shape index (κ1) is 17.3. The lowest BCUT2D eigenvalue weighted by Crippen LogP contribution is -2.34. The maximum Gasteiger partial charge on any atom is 0.254 e. The van der Waals surface area contributed by atoms with Crippen LogP contribution in [-0.2, 0) is 6.42 Å². The van der Waals surface area contributed by atoms with Crippen molar-refractivity contribution >= 4 is 5.91 Å². The minimum absolute atomic E-state index is 0.106. The number of aromatic nitrogens is 2. The minimum atomic E-state index is -0.148. The fourth-order valence-corrected chi connectivity index (χ4v) is 3.57. The van der Waals surface area contributed by atoms with Crippen LogP contribution in [0.15, 0.2) is 24.4 Å². The van der Waals surface area contributed by atoms with E-state index in [2.05, 4.69) is 10.4 Å².